The number of thiazole rings is 1. The van der Waals surface area contributed by atoms with Crippen molar-refractivity contribution in [3.63, 3.8) is 0 Å². The Morgan fingerprint density at radius 3 is 2.71 bits per heavy atom. The number of nitrogens with one attached hydrogen (secondary N) is 1. The molecule has 1 saturated heterocycles. The zero-order chi connectivity index (χ0) is 14.2. The van der Waals surface area contributed by atoms with Gasteiger partial charge in [-0.25, -0.2) is 9.37 Å². The smallest absolute Gasteiger partial charge is 0.274 e. The fraction of sp³-hybridized carbons (Fsp3) is 0.800. The highest BCUT2D eigenvalue weighted by atomic mass is 32.1. The van der Waals surface area contributed by atoms with Gasteiger partial charge in [0.25, 0.3) is 5.19 Å². The standard InChI is InChI=1S/C15H22FN3OS/c16-12-8-17-9-13-14(12)18-15(21-13)20-11-4-6-19(7-5-11)10-2-1-3-10/h10-12,17H,1-9H2. The lowest BCUT2D eigenvalue weighted by atomic mass is 9.90. The summed E-state index contributed by atoms with van der Waals surface area (Å²) in [6, 6.07) is 0.830. The summed E-state index contributed by atoms with van der Waals surface area (Å²) < 4.78 is 19.8. The molecule has 4 nitrogen and oxygen atoms in total. The van der Waals surface area contributed by atoms with Gasteiger partial charge in [-0.3, -0.25) is 0 Å². The van der Waals surface area contributed by atoms with Crippen LogP contribution in [0.3, 0.4) is 0 Å². The molecule has 2 fully saturated rings. The number of ether oxygens (including phenoxy) is 1. The summed E-state index contributed by atoms with van der Waals surface area (Å²) in [6.07, 6.45) is 5.54. The first-order chi connectivity index (χ1) is 10.3. The van der Waals surface area contributed by atoms with Crippen LogP contribution in [-0.4, -0.2) is 41.7 Å². The molecule has 1 aliphatic carbocycles. The number of alkyl halides is 1. The zero-order valence-electron chi connectivity index (χ0n) is 12.2. The van der Waals surface area contributed by atoms with Gasteiger partial charge >= 0.3 is 0 Å². The van der Waals surface area contributed by atoms with E-state index in [4.69, 9.17) is 4.74 Å². The molecule has 1 aromatic heterocycles. The van der Waals surface area contributed by atoms with E-state index in [1.807, 2.05) is 0 Å². The van der Waals surface area contributed by atoms with E-state index in [0.29, 0.717) is 17.4 Å². The minimum atomic E-state index is -0.984. The normalized spacial score (nSPS) is 28.1. The lowest BCUT2D eigenvalue weighted by Gasteiger charge is -2.41. The number of rotatable bonds is 3. The van der Waals surface area contributed by atoms with Crippen molar-refractivity contribution >= 4 is 11.3 Å². The molecule has 1 N–H and O–H groups in total. The molecule has 6 heteroatoms. The Balaban J connectivity index is 1.34. The number of fused-ring (bicyclic) bond motifs is 1. The molecular weight excluding hydrogens is 289 g/mol. The summed E-state index contributed by atoms with van der Waals surface area (Å²) in [6.45, 7) is 3.36. The number of hydrogen-bond donors (Lipinski definition) is 1. The first-order valence-corrected chi connectivity index (χ1v) is 8.86. The number of halogens is 1. The largest absolute Gasteiger partial charge is 0.467 e. The van der Waals surface area contributed by atoms with Crippen LogP contribution in [0.4, 0.5) is 4.39 Å². The Bertz CT molecular complexity index is 497. The van der Waals surface area contributed by atoms with Gasteiger partial charge in [0.2, 0.25) is 0 Å². The summed E-state index contributed by atoms with van der Waals surface area (Å²) in [4.78, 5) is 7.98. The molecule has 4 rings (SSSR count). The van der Waals surface area contributed by atoms with Crippen LogP contribution in [0.25, 0.3) is 0 Å². The number of piperidine rings is 1. The Labute approximate surface area is 128 Å². The Kier molecular flexibility index (Phi) is 3.85. The topological polar surface area (TPSA) is 37.4 Å². The molecule has 0 bridgehead atoms. The summed E-state index contributed by atoms with van der Waals surface area (Å²) in [5.41, 5.74) is 0.598. The molecule has 0 spiro atoms. The SMILES string of the molecule is FC1CNCc2sc(OC3CCN(C4CCC4)CC3)nc21. The molecular formula is C15H22FN3OS. The maximum absolute atomic E-state index is 13.8. The highest BCUT2D eigenvalue weighted by Gasteiger charge is 2.30. The van der Waals surface area contributed by atoms with Crippen LogP contribution in [0.15, 0.2) is 0 Å². The highest BCUT2D eigenvalue weighted by Crippen LogP contribution is 2.35. The Hall–Kier alpha value is -0.720. The molecule has 3 heterocycles. The molecule has 1 atom stereocenters. The van der Waals surface area contributed by atoms with Gasteiger partial charge in [-0.2, -0.15) is 0 Å². The van der Waals surface area contributed by atoms with Crippen molar-refractivity contribution < 1.29 is 9.13 Å². The van der Waals surface area contributed by atoms with E-state index >= 15 is 0 Å². The van der Waals surface area contributed by atoms with E-state index in [9.17, 15) is 4.39 Å². The molecule has 1 saturated carbocycles. The zero-order valence-corrected chi connectivity index (χ0v) is 13.0. The monoisotopic (exact) mass is 311 g/mol. The van der Waals surface area contributed by atoms with Crippen molar-refractivity contribution in [2.24, 2.45) is 0 Å². The predicted molar refractivity (Wildman–Crippen MR) is 80.5 cm³/mol. The van der Waals surface area contributed by atoms with Gasteiger partial charge in [0.1, 0.15) is 6.10 Å². The van der Waals surface area contributed by atoms with Crippen LogP contribution in [-0.2, 0) is 6.54 Å². The second-order valence-corrected chi connectivity index (χ2v) is 7.37. The van der Waals surface area contributed by atoms with Crippen LogP contribution in [0.1, 0.15) is 48.8 Å². The third-order valence-corrected chi connectivity index (χ3v) is 5.91. The van der Waals surface area contributed by atoms with Crippen molar-refractivity contribution in [3.05, 3.63) is 10.6 Å². The molecule has 1 unspecified atom stereocenters. The minimum Gasteiger partial charge on any atom is -0.467 e. The summed E-state index contributed by atoms with van der Waals surface area (Å²) in [5, 5.41) is 3.73. The molecule has 1 aromatic rings. The second kappa shape index (κ2) is 5.82. The molecule has 2 aliphatic heterocycles. The van der Waals surface area contributed by atoms with E-state index in [0.717, 1.165) is 43.4 Å². The van der Waals surface area contributed by atoms with Gasteiger partial charge in [-0.1, -0.05) is 17.8 Å². The first kappa shape index (κ1) is 13.9. The van der Waals surface area contributed by atoms with E-state index < -0.39 is 6.17 Å². The van der Waals surface area contributed by atoms with E-state index in [2.05, 4.69) is 15.2 Å². The summed E-state index contributed by atoms with van der Waals surface area (Å²) in [5.74, 6) is 0. The maximum Gasteiger partial charge on any atom is 0.274 e. The number of nitrogens with zero attached hydrogens (tertiary/aromatic N) is 2. The maximum atomic E-state index is 13.8. The predicted octanol–water partition coefficient (Wildman–Crippen LogP) is 2.65. The van der Waals surface area contributed by atoms with Crippen molar-refractivity contribution in [2.45, 2.75) is 57.0 Å². The van der Waals surface area contributed by atoms with E-state index in [1.54, 1.807) is 0 Å². The Morgan fingerprint density at radius 2 is 2.05 bits per heavy atom. The lowest BCUT2D eigenvalue weighted by Crippen LogP contribution is -2.46. The number of hydrogen-bond acceptors (Lipinski definition) is 5. The van der Waals surface area contributed by atoms with Crippen LogP contribution < -0.4 is 10.1 Å². The fourth-order valence-electron chi connectivity index (χ4n) is 3.43. The lowest BCUT2D eigenvalue weighted by molar-refractivity contribution is 0.0491. The van der Waals surface area contributed by atoms with Gasteiger partial charge in [0.15, 0.2) is 6.17 Å². The third kappa shape index (κ3) is 2.81. The first-order valence-electron chi connectivity index (χ1n) is 8.04. The molecule has 116 valence electrons. The fourth-order valence-corrected chi connectivity index (χ4v) is 4.42. The number of aromatic nitrogens is 1. The molecule has 0 aromatic carbocycles. The molecule has 21 heavy (non-hydrogen) atoms. The van der Waals surface area contributed by atoms with Crippen LogP contribution in [0.2, 0.25) is 0 Å². The van der Waals surface area contributed by atoms with Crippen molar-refractivity contribution in [1.29, 1.82) is 0 Å². The Morgan fingerprint density at radius 1 is 1.24 bits per heavy atom. The van der Waals surface area contributed by atoms with E-state index in [-0.39, 0.29) is 6.10 Å². The summed E-state index contributed by atoms with van der Waals surface area (Å²) >= 11 is 1.51. The third-order valence-electron chi connectivity index (χ3n) is 4.95. The van der Waals surface area contributed by atoms with Crippen molar-refractivity contribution in [2.75, 3.05) is 19.6 Å². The van der Waals surface area contributed by atoms with Gasteiger partial charge in [-0.15, -0.1) is 0 Å². The van der Waals surface area contributed by atoms with E-state index in [1.165, 1.54) is 30.6 Å². The van der Waals surface area contributed by atoms with Crippen LogP contribution >= 0.6 is 11.3 Å². The molecule has 0 amide bonds. The van der Waals surface area contributed by atoms with Crippen LogP contribution in [0.5, 0.6) is 5.19 Å². The van der Waals surface area contributed by atoms with Gasteiger partial charge in [0, 0.05) is 37.1 Å². The summed E-state index contributed by atoms with van der Waals surface area (Å²) in [7, 11) is 0. The van der Waals surface area contributed by atoms with Crippen LogP contribution in [0, 0.1) is 0 Å². The molecule has 0 radical (unpaired) electrons. The van der Waals surface area contributed by atoms with Gasteiger partial charge in [0.05, 0.1) is 5.69 Å². The number of likely N-dealkylation sites (tertiary alicyclic amines) is 1. The van der Waals surface area contributed by atoms with Gasteiger partial charge < -0.3 is 15.0 Å². The van der Waals surface area contributed by atoms with Crippen molar-refractivity contribution in [3.8, 4) is 5.19 Å². The average Bonchev–Trinajstić information content (AvgIpc) is 2.83. The highest BCUT2D eigenvalue weighted by molar-refractivity contribution is 7.13. The van der Waals surface area contributed by atoms with Crippen molar-refractivity contribution in [1.82, 2.24) is 15.2 Å². The minimum absolute atomic E-state index is 0.250. The average molecular weight is 311 g/mol. The molecule has 3 aliphatic rings. The second-order valence-electron chi connectivity index (χ2n) is 6.32. The van der Waals surface area contributed by atoms with Gasteiger partial charge in [-0.05, 0) is 25.7 Å². The quantitative estimate of drug-likeness (QED) is 0.931.